The summed E-state index contributed by atoms with van der Waals surface area (Å²) in [6.07, 6.45) is 4.04. The molecule has 3 rings (SSSR count). The first kappa shape index (κ1) is 13.5. The van der Waals surface area contributed by atoms with Gasteiger partial charge in [0.05, 0.1) is 5.56 Å². The predicted octanol–water partition coefficient (Wildman–Crippen LogP) is 2.32. The standard InChI is InChI=1S/C15H18F2N2O/c1-19(11-7-9-5-6-10(8-11)18-9)15(20)12-3-2-4-13(16)14(12)17/h2-4,9-11,18H,5-8H2,1H3. The zero-order chi connectivity index (χ0) is 14.3. The second-order valence-corrected chi connectivity index (χ2v) is 5.78. The van der Waals surface area contributed by atoms with Crippen LogP contribution in [0, 0.1) is 11.6 Å². The highest BCUT2D eigenvalue weighted by Gasteiger charge is 2.37. The zero-order valence-electron chi connectivity index (χ0n) is 11.4. The maximum atomic E-state index is 13.7. The average Bonchev–Trinajstić information content (AvgIpc) is 2.79. The molecule has 1 aromatic carbocycles. The fraction of sp³-hybridized carbons (Fsp3) is 0.533. The van der Waals surface area contributed by atoms with Gasteiger partial charge < -0.3 is 10.2 Å². The van der Waals surface area contributed by atoms with E-state index in [1.54, 1.807) is 11.9 Å². The third-order valence-electron chi connectivity index (χ3n) is 4.50. The molecule has 1 amide bonds. The van der Waals surface area contributed by atoms with Gasteiger partial charge in [-0.15, -0.1) is 0 Å². The highest BCUT2D eigenvalue weighted by molar-refractivity contribution is 5.94. The molecule has 2 fully saturated rings. The fourth-order valence-corrected chi connectivity index (χ4v) is 3.37. The molecule has 2 bridgehead atoms. The SMILES string of the molecule is CN(C(=O)c1cccc(F)c1F)C1CC2CCC(C1)N2. The molecule has 2 saturated heterocycles. The van der Waals surface area contributed by atoms with Gasteiger partial charge in [-0.25, -0.2) is 8.78 Å². The van der Waals surface area contributed by atoms with Crippen molar-refractivity contribution in [3.63, 3.8) is 0 Å². The third kappa shape index (κ3) is 2.30. The van der Waals surface area contributed by atoms with Crippen molar-refractivity contribution in [2.45, 2.75) is 43.8 Å². The van der Waals surface area contributed by atoms with Crippen LogP contribution in [0.1, 0.15) is 36.0 Å². The molecule has 3 nitrogen and oxygen atoms in total. The Morgan fingerprint density at radius 2 is 1.90 bits per heavy atom. The predicted molar refractivity (Wildman–Crippen MR) is 71.4 cm³/mol. The van der Waals surface area contributed by atoms with Gasteiger partial charge in [-0.2, -0.15) is 0 Å². The van der Waals surface area contributed by atoms with Gasteiger partial charge in [0.15, 0.2) is 11.6 Å². The number of piperidine rings is 1. The van der Waals surface area contributed by atoms with Crippen LogP contribution < -0.4 is 5.32 Å². The molecule has 0 radical (unpaired) electrons. The van der Waals surface area contributed by atoms with Crippen molar-refractivity contribution >= 4 is 5.91 Å². The maximum absolute atomic E-state index is 13.7. The minimum atomic E-state index is -1.05. The van der Waals surface area contributed by atoms with Crippen LogP contribution in [0.2, 0.25) is 0 Å². The Kier molecular flexibility index (Phi) is 3.46. The largest absolute Gasteiger partial charge is 0.339 e. The van der Waals surface area contributed by atoms with E-state index in [0.29, 0.717) is 12.1 Å². The molecule has 5 heteroatoms. The van der Waals surface area contributed by atoms with Crippen molar-refractivity contribution in [1.82, 2.24) is 10.2 Å². The van der Waals surface area contributed by atoms with E-state index in [4.69, 9.17) is 0 Å². The van der Waals surface area contributed by atoms with Crippen molar-refractivity contribution in [3.05, 3.63) is 35.4 Å². The van der Waals surface area contributed by atoms with Crippen LogP contribution in [-0.4, -0.2) is 36.0 Å². The number of nitrogens with one attached hydrogen (secondary N) is 1. The molecule has 0 aliphatic carbocycles. The van der Waals surface area contributed by atoms with Gasteiger partial charge in [-0.05, 0) is 37.8 Å². The van der Waals surface area contributed by atoms with Gasteiger partial charge in [0, 0.05) is 25.2 Å². The minimum Gasteiger partial charge on any atom is -0.339 e. The van der Waals surface area contributed by atoms with Crippen LogP contribution in [0.25, 0.3) is 0 Å². The Hall–Kier alpha value is -1.49. The van der Waals surface area contributed by atoms with E-state index in [1.807, 2.05) is 0 Å². The highest BCUT2D eigenvalue weighted by Crippen LogP contribution is 2.30. The quantitative estimate of drug-likeness (QED) is 0.901. The molecule has 2 unspecified atom stereocenters. The summed E-state index contributed by atoms with van der Waals surface area (Å²) in [5.41, 5.74) is -0.182. The summed E-state index contributed by atoms with van der Waals surface area (Å²) in [4.78, 5) is 13.9. The summed E-state index contributed by atoms with van der Waals surface area (Å²) in [7, 11) is 1.68. The lowest BCUT2D eigenvalue weighted by atomic mass is 9.98. The van der Waals surface area contributed by atoms with E-state index in [9.17, 15) is 13.6 Å². The van der Waals surface area contributed by atoms with E-state index in [-0.39, 0.29) is 11.6 Å². The lowest BCUT2D eigenvalue weighted by molar-refractivity contribution is 0.0676. The van der Waals surface area contributed by atoms with Crippen molar-refractivity contribution in [3.8, 4) is 0 Å². The first-order valence-electron chi connectivity index (χ1n) is 7.03. The molecular formula is C15H18F2N2O. The topological polar surface area (TPSA) is 32.3 Å². The summed E-state index contributed by atoms with van der Waals surface area (Å²) in [5.74, 6) is -2.47. The number of benzene rings is 1. The van der Waals surface area contributed by atoms with Crippen molar-refractivity contribution in [2.24, 2.45) is 0 Å². The summed E-state index contributed by atoms with van der Waals surface area (Å²) >= 11 is 0. The number of hydrogen-bond acceptors (Lipinski definition) is 2. The molecule has 0 spiro atoms. The summed E-state index contributed by atoms with van der Waals surface area (Å²) in [6, 6.07) is 4.73. The van der Waals surface area contributed by atoms with E-state index >= 15 is 0 Å². The monoisotopic (exact) mass is 280 g/mol. The van der Waals surface area contributed by atoms with Gasteiger partial charge in [0.25, 0.3) is 5.91 Å². The van der Waals surface area contributed by atoms with Crippen LogP contribution in [-0.2, 0) is 0 Å². The number of amides is 1. The van der Waals surface area contributed by atoms with Gasteiger partial charge in [0.2, 0.25) is 0 Å². The summed E-state index contributed by atoms with van der Waals surface area (Å²) in [5, 5.41) is 3.50. The maximum Gasteiger partial charge on any atom is 0.256 e. The molecular weight excluding hydrogens is 262 g/mol. The number of fused-ring (bicyclic) bond motifs is 2. The number of nitrogens with zero attached hydrogens (tertiary/aromatic N) is 1. The Morgan fingerprint density at radius 1 is 1.25 bits per heavy atom. The molecule has 2 atom stereocenters. The molecule has 20 heavy (non-hydrogen) atoms. The molecule has 108 valence electrons. The number of carbonyl (C=O) groups is 1. The number of halogens is 2. The van der Waals surface area contributed by atoms with Crippen LogP contribution in [0.5, 0.6) is 0 Å². The van der Waals surface area contributed by atoms with Gasteiger partial charge >= 0.3 is 0 Å². The Morgan fingerprint density at radius 3 is 2.55 bits per heavy atom. The second kappa shape index (κ2) is 5.13. The average molecular weight is 280 g/mol. The third-order valence-corrected chi connectivity index (χ3v) is 4.50. The molecule has 1 aromatic rings. The Labute approximate surface area is 117 Å². The van der Waals surface area contributed by atoms with E-state index in [0.717, 1.165) is 31.7 Å². The molecule has 2 aliphatic rings. The summed E-state index contributed by atoms with van der Waals surface area (Å²) < 4.78 is 26.9. The zero-order valence-corrected chi connectivity index (χ0v) is 11.4. The molecule has 0 aromatic heterocycles. The molecule has 2 heterocycles. The van der Waals surface area contributed by atoms with Crippen molar-refractivity contribution in [2.75, 3.05) is 7.05 Å². The Balaban J connectivity index is 1.78. The molecule has 0 saturated carbocycles. The lowest BCUT2D eigenvalue weighted by Gasteiger charge is -2.35. The summed E-state index contributed by atoms with van der Waals surface area (Å²) in [6.45, 7) is 0. The fourth-order valence-electron chi connectivity index (χ4n) is 3.37. The van der Waals surface area contributed by atoms with E-state index in [1.165, 1.54) is 12.1 Å². The van der Waals surface area contributed by atoms with Crippen molar-refractivity contribution in [1.29, 1.82) is 0 Å². The number of rotatable bonds is 2. The van der Waals surface area contributed by atoms with Crippen molar-refractivity contribution < 1.29 is 13.6 Å². The van der Waals surface area contributed by atoms with Crippen LogP contribution in [0.3, 0.4) is 0 Å². The number of carbonyl (C=O) groups excluding carboxylic acids is 1. The van der Waals surface area contributed by atoms with E-state index < -0.39 is 17.5 Å². The minimum absolute atomic E-state index is 0.101. The molecule has 1 N–H and O–H groups in total. The van der Waals surface area contributed by atoms with E-state index in [2.05, 4.69) is 5.32 Å². The van der Waals surface area contributed by atoms with Crippen LogP contribution >= 0.6 is 0 Å². The molecule has 2 aliphatic heterocycles. The lowest BCUT2D eigenvalue weighted by Crippen LogP contribution is -2.48. The van der Waals surface area contributed by atoms with Crippen LogP contribution in [0.15, 0.2) is 18.2 Å². The van der Waals surface area contributed by atoms with Gasteiger partial charge in [-0.1, -0.05) is 6.07 Å². The first-order valence-corrected chi connectivity index (χ1v) is 7.03. The second-order valence-electron chi connectivity index (χ2n) is 5.78. The first-order chi connectivity index (χ1) is 9.56. The normalized spacial score (nSPS) is 28.4. The Bertz CT molecular complexity index is 523. The van der Waals surface area contributed by atoms with Gasteiger partial charge in [0.1, 0.15) is 0 Å². The number of hydrogen-bond donors (Lipinski definition) is 1. The van der Waals surface area contributed by atoms with Crippen LogP contribution in [0.4, 0.5) is 8.78 Å². The highest BCUT2D eigenvalue weighted by atomic mass is 19.2. The smallest absolute Gasteiger partial charge is 0.256 e. The van der Waals surface area contributed by atoms with Gasteiger partial charge in [-0.3, -0.25) is 4.79 Å².